The molecule has 0 unspecified atom stereocenters. The minimum atomic E-state index is -1.09. The standard InChI is InChI=1S/C25H26O6/c1-12(2)15-11-30-23-13(3)10-17(27)18(20(23)21(15)28)22(29)19-16(26)7-6-14-8-9-25(4,5)31-24(14)19/h6-10,15,21,26-28H,1,11H2,2-5H3/t15-,21+/m1/s1. The number of aryl methyl sites for hydroxylation is 1. The lowest BCUT2D eigenvalue weighted by Gasteiger charge is -2.34. The van der Waals surface area contributed by atoms with E-state index in [1.165, 1.54) is 12.1 Å². The van der Waals surface area contributed by atoms with Crippen molar-refractivity contribution >= 4 is 11.9 Å². The molecule has 31 heavy (non-hydrogen) atoms. The lowest BCUT2D eigenvalue weighted by Crippen LogP contribution is -2.30. The van der Waals surface area contributed by atoms with Crippen LogP contribution in [0.15, 0.2) is 36.4 Å². The van der Waals surface area contributed by atoms with Gasteiger partial charge in [0.15, 0.2) is 0 Å². The van der Waals surface area contributed by atoms with Gasteiger partial charge in [0.1, 0.15) is 34.2 Å². The van der Waals surface area contributed by atoms with Gasteiger partial charge in [-0.1, -0.05) is 18.2 Å². The highest BCUT2D eigenvalue weighted by atomic mass is 16.5. The zero-order valence-electron chi connectivity index (χ0n) is 18.0. The van der Waals surface area contributed by atoms with Crippen LogP contribution in [0.5, 0.6) is 23.0 Å². The highest BCUT2D eigenvalue weighted by Crippen LogP contribution is 2.47. The molecule has 0 amide bonds. The van der Waals surface area contributed by atoms with Gasteiger partial charge in [-0.25, -0.2) is 0 Å². The number of aliphatic hydroxyl groups is 1. The Morgan fingerprint density at radius 2 is 1.87 bits per heavy atom. The molecule has 6 nitrogen and oxygen atoms in total. The monoisotopic (exact) mass is 422 g/mol. The number of phenols is 2. The third kappa shape index (κ3) is 3.37. The van der Waals surface area contributed by atoms with E-state index in [2.05, 4.69) is 6.58 Å². The second-order valence-corrected chi connectivity index (χ2v) is 8.79. The largest absolute Gasteiger partial charge is 0.507 e. The molecule has 0 aromatic heterocycles. The average molecular weight is 422 g/mol. The number of ketones is 1. The van der Waals surface area contributed by atoms with Crippen molar-refractivity contribution in [1.29, 1.82) is 0 Å². The fourth-order valence-electron chi connectivity index (χ4n) is 4.16. The second kappa shape index (κ2) is 7.17. The third-order valence-corrected chi connectivity index (χ3v) is 5.85. The number of aliphatic hydroxyl groups excluding tert-OH is 1. The van der Waals surface area contributed by atoms with Crippen molar-refractivity contribution in [3.05, 3.63) is 64.2 Å². The quantitative estimate of drug-likeness (QED) is 0.500. The molecule has 2 aromatic rings. The molecular formula is C25H26O6. The van der Waals surface area contributed by atoms with E-state index in [0.29, 0.717) is 22.4 Å². The van der Waals surface area contributed by atoms with Crippen molar-refractivity contribution in [1.82, 2.24) is 0 Å². The van der Waals surface area contributed by atoms with Crippen LogP contribution in [0.25, 0.3) is 6.08 Å². The highest BCUT2D eigenvalue weighted by Gasteiger charge is 2.38. The van der Waals surface area contributed by atoms with Crippen molar-refractivity contribution in [2.45, 2.75) is 39.4 Å². The molecule has 2 aliphatic heterocycles. The van der Waals surface area contributed by atoms with Crippen LogP contribution in [0.3, 0.4) is 0 Å². The first-order valence-corrected chi connectivity index (χ1v) is 10.1. The maximum absolute atomic E-state index is 13.8. The molecule has 2 aromatic carbocycles. The van der Waals surface area contributed by atoms with E-state index >= 15 is 0 Å². The van der Waals surface area contributed by atoms with E-state index in [1.54, 1.807) is 19.9 Å². The van der Waals surface area contributed by atoms with Gasteiger partial charge in [-0.15, -0.1) is 0 Å². The number of benzene rings is 2. The molecular weight excluding hydrogens is 396 g/mol. The molecule has 2 heterocycles. The van der Waals surface area contributed by atoms with E-state index in [9.17, 15) is 20.1 Å². The van der Waals surface area contributed by atoms with Crippen LogP contribution in [0.1, 0.15) is 59.5 Å². The van der Waals surface area contributed by atoms with Crippen molar-refractivity contribution < 1.29 is 29.6 Å². The number of carbonyl (C=O) groups excluding carboxylic acids is 1. The summed E-state index contributed by atoms with van der Waals surface area (Å²) in [5, 5.41) is 32.5. The number of phenolic OH excluding ortho intramolecular Hbond substituents is 2. The zero-order chi connectivity index (χ0) is 22.7. The molecule has 0 saturated carbocycles. The maximum atomic E-state index is 13.8. The van der Waals surface area contributed by atoms with Gasteiger partial charge in [-0.2, -0.15) is 0 Å². The Morgan fingerprint density at radius 1 is 1.16 bits per heavy atom. The van der Waals surface area contributed by atoms with E-state index in [0.717, 1.165) is 0 Å². The lowest BCUT2D eigenvalue weighted by molar-refractivity contribution is 0.0663. The molecule has 0 radical (unpaired) electrons. The normalized spacial score (nSPS) is 20.8. The Hall–Kier alpha value is -3.25. The molecule has 6 heteroatoms. The summed E-state index contributed by atoms with van der Waals surface area (Å²) in [6.45, 7) is 11.3. The first-order valence-electron chi connectivity index (χ1n) is 10.1. The van der Waals surface area contributed by atoms with Crippen molar-refractivity contribution in [3.63, 3.8) is 0 Å². The van der Waals surface area contributed by atoms with Crippen LogP contribution >= 0.6 is 0 Å². The molecule has 162 valence electrons. The van der Waals surface area contributed by atoms with Crippen LogP contribution in [-0.4, -0.2) is 33.3 Å². The molecule has 0 fully saturated rings. The zero-order valence-corrected chi connectivity index (χ0v) is 18.0. The lowest BCUT2D eigenvalue weighted by atomic mass is 9.82. The fraction of sp³-hybridized carbons (Fsp3) is 0.320. The van der Waals surface area contributed by atoms with Gasteiger partial charge < -0.3 is 24.8 Å². The van der Waals surface area contributed by atoms with Crippen LogP contribution in [0.4, 0.5) is 0 Å². The molecule has 2 atom stereocenters. The SMILES string of the molecule is C=C(C)[C@H]1COc2c(C)cc(O)c(C(=O)c3c(O)ccc4c3OC(C)(C)C=C4)c2[C@H]1O. The van der Waals surface area contributed by atoms with Crippen molar-refractivity contribution in [2.75, 3.05) is 6.61 Å². The predicted molar refractivity (Wildman–Crippen MR) is 117 cm³/mol. The topological polar surface area (TPSA) is 96.2 Å². The van der Waals surface area contributed by atoms with Crippen molar-refractivity contribution in [3.8, 4) is 23.0 Å². The number of hydrogen-bond acceptors (Lipinski definition) is 6. The Labute approximate surface area is 181 Å². The Bertz CT molecular complexity index is 1140. The summed E-state index contributed by atoms with van der Waals surface area (Å²) in [7, 11) is 0. The molecule has 2 aliphatic rings. The smallest absolute Gasteiger partial charge is 0.204 e. The first kappa shape index (κ1) is 21.0. The van der Waals surface area contributed by atoms with Gasteiger partial charge in [0.05, 0.1) is 18.3 Å². The van der Waals surface area contributed by atoms with Gasteiger partial charge in [-0.3, -0.25) is 4.79 Å². The minimum Gasteiger partial charge on any atom is -0.507 e. The first-order chi connectivity index (χ1) is 14.5. The number of aromatic hydroxyl groups is 2. The number of ether oxygens (including phenoxy) is 2. The Balaban J connectivity index is 1.95. The summed E-state index contributed by atoms with van der Waals surface area (Å²) < 4.78 is 11.9. The Morgan fingerprint density at radius 3 is 2.55 bits per heavy atom. The molecule has 3 N–H and O–H groups in total. The second-order valence-electron chi connectivity index (χ2n) is 8.79. The van der Waals surface area contributed by atoms with Gasteiger partial charge in [0.25, 0.3) is 0 Å². The molecule has 0 bridgehead atoms. The number of carbonyl (C=O) groups is 1. The van der Waals surface area contributed by atoms with Gasteiger partial charge in [0.2, 0.25) is 5.78 Å². The summed E-state index contributed by atoms with van der Waals surface area (Å²) in [5.41, 5.74) is 1.27. The summed E-state index contributed by atoms with van der Waals surface area (Å²) in [6, 6.07) is 4.50. The van der Waals surface area contributed by atoms with E-state index < -0.39 is 23.4 Å². The van der Waals surface area contributed by atoms with Crippen LogP contribution in [-0.2, 0) is 0 Å². The summed E-state index contributed by atoms with van der Waals surface area (Å²) in [5.74, 6) is -1.07. The van der Waals surface area contributed by atoms with Crippen molar-refractivity contribution in [2.24, 2.45) is 5.92 Å². The van der Waals surface area contributed by atoms with Gasteiger partial charge >= 0.3 is 0 Å². The van der Waals surface area contributed by atoms with E-state index in [-0.39, 0.29) is 40.5 Å². The third-order valence-electron chi connectivity index (χ3n) is 5.85. The average Bonchev–Trinajstić information content (AvgIpc) is 2.67. The van der Waals surface area contributed by atoms with Crippen LogP contribution < -0.4 is 9.47 Å². The molecule has 0 spiro atoms. The molecule has 4 rings (SSSR count). The minimum absolute atomic E-state index is 0.0686. The molecule has 0 aliphatic carbocycles. The summed E-state index contributed by atoms with van der Waals surface area (Å²) in [6.07, 6.45) is 2.60. The fourth-order valence-corrected chi connectivity index (χ4v) is 4.16. The molecule has 0 saturated heterocycles. The summed E-state index contributed by atoms with van der Waals surface area (Å²) in [4.78, 5) is 13.8. The number of rotatable bonds is 3. The van der Waals surface area contributed by atoms with Crippen LogP contribution in [0, 0.1) is 12.8 Å². The predicted octanol–water partition coefficient (Wildman–Crippen LogP) is 4.44. The maximum Gasteiger partial charge on any atom is 0.204 e. The van der Waals surface area contributed by atoms with Gasteiger partial charge in [0, 0.05) is 17.0 Å². The van der Waals surface area contributed by atoms with E-state index in [4.69, 9.17) is 9.47 Å². The highest BCUT2D eigenvalue weighted by molar-refractivity contribution is 6.16. The van der Waals surface area contributed by atoms with Crippen LogP contribution in [0.2, 0.25) is 0 Å². The van der Waals surface area contributed by atoms with E-state index in [1.807, 2.05) is 26.0 Å². The summed E-state index contributed by atoms with van der Waals surface area (Å²) >= 11 is 0. The number of hydrogen-bond donors (Lipinski definition) is 3. The number of fused-ring (bicyclic) bond motifs is 2. The Kier molecular flexibility index (Phi) is 4.85. The van der Waals surface area contributed by atoms with Gasteiger partial charge in [-0.05, 0) is 57.5 Å².